The third kappa shape index (κ3) is 5.06. The fourth-order valence-corrected chi connectivity index (χ4v) is 3.68. The highest BCUT2D eigenvalue weighted by molar-refractivity contribution is 7.99. The molecule has 1 atom stereocenters. The highest BCUT2D eigenvalue weighted by atomic mass is 35.5. The number of anilines is 1. The Bertz CT molecular complexity index is 1010. The van der Waals surface area contributed by atoms with E-state index in [0.717, 1.165) is 11.1 Å². The van der Waals surface area contributed by atoms with Gasteiger partial charge in [-0.15, -0.1) is 16.8 Å². The minimum absolute atomic E-state index is 0.142. The first kappa shape index (κ1) is 21.1. The van der Waals surface area contributed by atoms with E-state index < -0.39 is 6.10 Å². The number of allylic oxidation sites excluding steroid dienone is 1. The number of hydrogen-bond acceptors (Lipinski definition) is 5. The molecule has 0 aliphatic carbocycles. The van der Waals surface area contributed by atoms with Crippen molar-refractivity contribution in [2.45, 2.75) is 24.7 Å². The summed E-state index contributed by atoms with van der Waals surface area (Å²) in [5.74, 6) is 0.367. The van der Waals surface area contributed by atoms with E-state index in [1.807, 2.05) is 37.3 Å². The molecule has 0 bridgehead atoms. The molecule has 3 aromatic rings. The van der Waals surface area contributed by atoms with Gasteiger partial charge in [0, 0.05) is 17.3 Å². The molecule has 0 unspecified atom stereocenters. The summed E-state index contributed by atoms with van der Waals surface area (Å²) in [5, 5.41) is 23.0. The minimum Gasteiger partial charge on any atom is -0.380 e. The molecular weight excluding hydrogens is 408 g/mol. The zero-order chi connectivity index (χ0) is 20.8. The van der Waals surface area contributed by atoms with Crippen molar-refractivity contribution in [1.82, 2.24) is 14.8 Å². The Hall–Kier alpha value is -2.61. The molecule has 0 saturated carbocycles. The zero-order valence-corrected chi connectivity index (χ0v) is 17.5. The number of carbonyl (C=O) groups excluding carboxylic acids is 1. The van der Waals surface area contributed by atoms with Crippen LogP contribution in [0.4, 0.5) is 5.69 Å². The molecule has 0 spiro atoms. The Morgan fingerprint density at radius 2 is 2.03 bits per heavy atom. The van der Waals surface area contributed by atoms with Crippen molar-refractivity contribution in [2.75, 3.05) is 11.1 Å². The fraction of sp³-hybridized carbons (Fsp3) is 0.190. The number of benzene rings is 2. The van der Waals surface area contributed by atoms with Crippen molar-refractivity contribution in [3.63, 3.8) is 0 Å². The molecule has 2 aromatic carbocycles. The Morgan fingerprint density at radius 3 is 2.76 bits per heavy atom. The lowest BCUT2D eigenvalue weighted by Crippen LogP contribution is -2.16. The van der Waals surface area contributed by atoms with Crippen LogP contribution in [-0.2, 0) is 11.3 Å². The molecule has 1 amide bonds. The van der Waals surface area contributed by atoms with E-state index in [2.05, 4.69) is 22.1 Å². The largest absolute Gasteiger partial charge is 0.380 e. The summed E-state index contributed by atoms with van der Waals surface area (Å²) in [7, 11) is 0. The Labute approximate surface area is 178 Å². The van der Waals surface area contributed by atoms with E-state index in [0.29, 0.717) is 28.2 Å². The summed E-state index contributed by atoms with van der Waals surface area (Å²) in [6, 6.07) is 14.6. The Balaban J connectivity index is 1.72. The Morgan fingerprint density at radius 1 is 1.28 bits per heavy atom. The van der Waals surface area contributed by atoms with Gasteiger partial charge in [0.2, 0.25) is 5.91 Å². The summed E-state index contributed by atoms with van der Waals surface area (Å²) in [6.07, 6.45) is 0.783. The van der Waals surface area contributed by atoms with Crippen LogP contribution in [0.1, 0.15) is 23.1 Å². The number of amides is 1. The number of nitrogens with one attached hydrogen (secondary N) is 1. The third-order valence-corrected chi connectivity index (χ3v) is 5.67. The zero-order valence-electron chi connectivity index (χ0n) is 15.9. The second kappa shape index (κ2) is 9.73. The van der Waals surface area contributed by atoms with Gasteiger partial charge in [-0.3, -0.25) is 9.36 Å². The van der Waals surface area contributed by atoms with Gasteiger partial charge in [0.15, 0.2) is 11.0 Å². The molecule has 8 heteroatoms. The van der Waals surface area contributed by atoms with E-state index in [9.17, 15) is 9.90 Å². The van der Waals surface area contributed by atoms with Crippen LogP contribution in [0.15, 0.2) is 66.3 Å². The minimum atomic E-state index is -0.916. The molecule has 6 nitrogen and oxygen atoms in total. The van der Waals surface area contributed by atoms with Gasteiger partial charge in [-0.05, 0) is 30.2 Å². The van der Waals surface area contributed by atoms with Crippen LogP contribution in [0.25, 0.3) is 0 Å². The number of rotatable bonds is 8. The average molecular weight is 429 g/mol. The van der Waals surface area contributed by atoms with Crippen molar-refractivity contribution < 1.29 is 9.90 Å². The van der Waals surface area contributed by atoms with Crippen molar-refractivity contribution in [2.24, 2.45) is 0 Å². The highest BCUT2D eigenvalue weighted by Crippen LogP contribution is 2.26. The second-order valence-electron chi connectivity index (χ2n) is 6.30. The first-order chi connectivity index (χ1) is 14.0. The molecule has 2 N–H and O–H groups in total. The van der Waals surface area contributed by atoms with Gasteiger partial charge in [-0.25, -0.2) is 0 Å². The van der Waals surface area contributed by atoms with Crippen molar-refractivity contribution >= 4 is 35.0 Å². The number of aliphatic hydroxyl groups is 1. The third-order valence-electron chi connectivity index (χ3n) is 4.29. The van der Waals surface area contributed by atoms with Gasteiger partial charge in [-0.1, -0.05) is 65.8 Å². The Kier molecular flexibility index (Phi) is 7.09. The number of halogens is 1. The van der Waals surface area contributed by atoms with Gasteiger partial charge in [-0.2, -0.15) is 0 Å². The predicted octanol–water partition coefficient (Wildman–Crippen LogP) is 4.24. The SMILES string of the molecule is C=CCn1c(SCC(=O)Nc2cccc(Cl)c2C)nnc1[C@H](O)c1ccccc1. The smallest absolute Gasteiger partial charge is 0.234 e. The second-order valence-corrected chi connectivity index (χ2v) is 7.65. The van der Waals surface area contributed by atoms with Crippen LogP contribution >= 0.6 is 23.4 Å². The molecule has 0 fully saturated rings. The fourth-order valence-electron chi connectivity index (χ4n) is 2.75. The molecule has 0 radical (unpaired) electrons. The molecule has 150 valence electrons. The van der Waals surface area contributed by atoms with Gasteiger partial charge in [0.25, 0.3) is 0 Å². The van der Waals surface area contributed by atoms with Crippen LogP contribution in [0, 0.1) is 6.92 Å². The lowest BCUT2D eigenvalue weighted by atomic mass is 10.1. The normalized spacial score (nSPS) is 11.8. The monoisotopic (exact) mass is 428 g/mol. The van der Waals surface area contributed by atoms with Gasteiger partial charge < -0.3 is 10.4 Å². The van der Waals surface area contributed by atoms with Crippen LogP contribution in [0.3, 0.4) is 0 Å². The van der Waals surface area contributed by atoms with E-state index in [4.69, 9.17) is 11.6 Å². The lowest BCUT2D eigenvalue weighted by molar-refractivity contribution is -0.113. The summed E-state index contributed by atoms with van der Waals surface area (Å²) >= 11 is 7.34. The number of aliphatic hydroxyl groups excluding tert-OH is 1. The number of hydrogen-bond donors (Lipinski definition) is 2. The highest BCUT2D eigenvalue weighted by Gasteiger charge is 2.21. The molecule has 0 aliphatic heterocycles. The molecule has 0 aliphatic rings. The molecule has 1 heterocycles. The topological polar surface area (TPSA) is 80.0 Å². The van der Waals surface area contributed by atoms with Gasteiger partial charge in [0.1, 0.15) is 6.10 Å². The van der Waals surface area contributed by atoms with E-state index in [1.54, 1.807) is 28.8 Å². The maximum atomic E-state index is 12.4. The van der Waals surface area contributed by atoms with Crippen LogP contribution in [0.2, 0.25) is 5.02 Å². The molecular formula is C21H21ClN4O2S. The number of nitrogens with zero attached hydrogens (tertiary/aromatic N) is 3. The molecule has 0 saturated heterocycles. The van der Waals surface area contributed by atoms with Crippen LogP contribution < -0.4 is 5.32 Å². The van der Waals surface area contributed by atoms with Crippen molar-refractivity contribution in [1.29, 1.82) is 0 Å². The molecule has 29 heavy (non-hydrogen) atoms. The predicted molar refractivity (Wildman–Crippen MR) is 116 cm³/mol. The maximum absolute atomic E-state index is 12.4. The van der Waals surface area contributed by atoms with E-state index >= 15 is 0 Å². The standard InChI is InChI=1S/C21H21ClN4O2S/c1-3-12-26-20(19(28)15-8-5-4-6-9-15)24-25-21(26)29-13-18(27)23-17-11-7-10-16(22)14(17)2/h3-11,19,28H,1,12-13H2,2H3,(H,23,27)/t19-/m1/s1. The lowest BCUT2D eigenvalue weighted by Gasteiger charge is -2.13. The van der Waals surface area contributed by atoms with E-state index in [-0.39, 0.29) is 11.7 Å². The average Bonchev–Trinajstić information content (AvgIpc) is 3.13. The quantitative estimate of drug-likeness (QED) is 0.414. The van der Waals surface area contributed by atoms with Crippen molar-refractivity contribution in [3.8, 4) is 0 Å². The number of carbonyl (C=O) groups is 1. The maximum Gasteiger partial charge on any atom is 0.234 e. The van der Waals surface area contributed by atoms with Gasteiger partial charge in [0.05, 0.1) is 5.75 Å². The van der Waals surface area contributed by atoms with Crippen LogP contribution in [-0.4, -0.2) is 31.5 Å². The summed E-state index contributed by atoms with van der Waals surface area (Å²) in [6.45, 7) is 6.03. The van der Waals surface area contributed by atoms with Crippen molar-refractivity contribution in [3.05, 3.63) is 83.2 Å². The summed E-state index contributed by atoms with van der Waals surface area (Å²) in [5.41, 5.74) is 2.21. The number of aromatic nitrogens is 3. The first-order valence-corrected chi connectivity index (χ1v) is 10.3. The molecule has 3 rings (SSSR count). The number of thioether (sulfide) groups is 1. The summed E-state index contributed by atoms with van der Waals surface area (Å²) in [4.78, 5) is 12.4. The molecule has 1 aromatic heterocycles. The van der Waals surface area contributed by atoms with Crippen LogP contribution in [0.5, 0.6) is 0 Å². The van der Waals surface area contributed by atoms with Gasteiger partial charge >= 0.3 is 0 Å². The first-order valence-electron chi connectivity index (χ1n) is 8.96. The van der Waals surface area contributed by atoms with E-state index in [1.165, 1.54) is 11.8 Å². The summed E-state index contributed by atoms with van der Waals surface area (Å²) < 4.78 is 1.76.